The molecule has 84 valence electrons. The zero-order valence-electron chi connectivity index (χ0n) is 8.12. The molecule has 1 fully saturated rings. The SMILES string of the molecule is Cl.ClC1(Cl)CN(c2ccccc2)CCN1. The molecule has 1 aliphatic heterocycles. The van der Waals surface area contributed by atoms with Crippen LogP contribution in [0.25, 0.3) is 0 Å². The fourth-order valence-corrected chi connectivity index (χ4v) is 2.09. The Morgan fingerprint density at radius 1 is 1.20 bits per heavy atom. The number of piperazine rings is 1. The normalized spacial score (nSPS) is 19.5. The summed E-state index contributed by atoms with van der Waals surface area (Å²) < 4.78 is -0.825. The molecule has 0 saturated carbocycles. The largest absolute Gasteiger partial charge is 0.366 e. The first-order valence-corrected chi connectivity index (χ1v) is 5.36. The second-order valence-corrected chi connectivity index (χ2v) is 4.87. The summed E-state index contributed by atoms with van der Waals surface area (Å²) in [5.41, 5.74) is 1.17. The molecule has 15 heavy (non-hydrogen) atoms. The third-order valence-electron chi connectivity index (χ3n) is 2.28. The first-order chi connectivity index (χ1) is 6.67. The Labute approximate surface area is 106 Å². The second-order valence-electron chi connectivity index (χ2n) is 3.39. The highest BCUT2D eigenvalue weighted by Crippen LogP contribution is 2.25. The predicted octanol–water partition coefficient (Wildman–Crippen LogP) is 2.65. The Morgan fingerprint density at radius 2 is 1.87 bits per heavy atom. The smallest absolute Gasteiger partial charge is 0.186 e. The Bertz CT molecular complexity index is 303. The van der Waals surface area contributed by atoms with Crippen molar-refractivity contribution < 1.29 is 0 Å². The van der Waals surface area contributed by atoms with E-state index in [4.69, 9.17) is 23.2 Å². The number of rotatable bonds is 1. The maximum Gasteiger partial charge on any atom is 0.186 e. The van der Waals surface area contributed by atoms with E-state index in [1.165, 1.54) is 5.69 Å². The fourth-order valence-electron chi connectivity index (χ4n) is 1.61. The molecular weight excluding hydrogens is 254 g/mol. The number of nitrogens with one attached hydrogen (secondary N) is 1. The molecule has 2 rings (SSSR count). The quantitative estimate of drug-likeness (QED) is 0.622. The van der Waals surface area contributed by atoms with Gasteiger partial charge in [0.15, 0.2) is 4.46 Å². The van der Waals surface area contributed by atoms with Gasteiger partial charge in [-0.15, -0.1) is 12.4 Å². The molecule has 5 heteroatoms. The zero-order chi connectivity index (χ0) is 10.0. The standard InChI is InChI=1S/C10H12Cl2N2.ClH/c11-10(12)8-14(7-6-13-10)9-4-2-1-3-5-9;/h1-5,13H,6-8H2;1H. The minimum absolute atomic E-state index is 0. The third kappa shape index (κ3) is 3.42. The molecule has 0 aliphatic carbocycles. The number of hydrogen-bond acceptors (Lipinski definition) is 2. The van der Waals surface area contributed by atoms with Crippen LogP contribution >= 0.6 is 35.6 Å². The van der Waals surface area contributed by atoms with E-state index in [1.807, 2.05) is 18.2 Å². The number of hydrogen-bond donors (Lipinski definition) is 1. The molecule has 0 spiro atoms. The molecule has 1 heterocycles. The zero-order valence-corrected chi connectivity index (χ0v) is 10.4. The number of halogens is 3. The van der Waals surface area contributed by atoms with Crippen molar-refractivity contribution in [3.05, 3.63) is 30.3 Å². The van der Waals surface area contributed by atoms with Crippen LogP contribution in [0.2, 0.25) is 0 Å². The molecular formula is C10H13Cl3N2. The number of anilines is 1. The van der Waals surface area contributed by atoms with Crippen LogP contribution in [0.1, 0.15) is 0 Å². The van der Waals surface area contributed by atoms with Crippen LogP contribution < -0.4 is 10.2 Å². The van der Waals surface area contributed by atoms with Gasteiger partial charge < -0.3 is 4.90 Å². The van der Waals surface area contributed by atoms with Gasteiger partial charge in [-0.05, 0) is 12.1 Å². The maximum absolute atomic E-state index is 6.03. The van der Waals surface area contributed by atoms with Gasteiger partial charge in [-0.25, -0.2) is 0 Å². The lowest BCUT2D eigenvalue weighted by atomic mass is 10.2. The average molecular weight is 268 g/mol. The van der Waals surface area contributed by atoms with E-state index in [1.54, 1.807) is 0 Å². The van der Waals surface area contributed by atoms with Gasteiger partial charge in [0, 0.05) is 18.8 Å². The average Bonchev–Trinajstić information content (AvgIpc) is 2.18. The molecule has 1 N–H and O–H groups in total. The van der Waals surface area contributed by atoms with Crippen molar-refractivity contribution in [3.63, 3.8) is 0 Å². The molecule has 0 aromatic heterocycles. The van der Waals surface area contributed by atoms with Gasteiger partial charge in [-0.1, -0.05) is 41.4 Å². The van der Waals surface area contributed by atoms with E-state index >= 15 is 0 Å². The monoisotopic (exact) mass is 266 g/mol. The Kier molecular flexibility index (Phi) is 4.53. The van der Waals surface area contributed by atoms with Gasteiger partial charge >= 0.3 is 0 Å². The highest BCUT2D eigenvalue weighted by molar-refractivity contribution is 6.48. The summed E-state index contributed by atoms with van der Waals surface area (Å²) >= 11 is 12.1. The first-order valence-electron chi connectivity index (χ1n) is 4.60. The van der Waals surface area contributed by atoms with E-state index < -0.39 is 4.46 Å². The molecule has 2 nitrogen and oxygen atoms in total. The lowest BCUT2D eigenvalue weighted by Gasteiger charge is -2.37. The summed E-state index contributed by atoms with van der Waals surface area (Å²) in [6, 6.07) is 10.2. The number of para-hydroxylation sites is 1. The van der Waals surface area contributed by atoms with Crippen molar-refractivity contribution in [1.29, 1.82) is 0 Å². The fraction of sp³-hybridized carbons (Fsp3) is 0.400. The summed E-state index contributed by atoms with van der Waals surface area (Å²) in [6.07, 6.45) is 0. The lowest BCUT2D eigenvalue weighted by Crippen LogP contribution is -2.54. The van der Waals surface area contributed by atoms with Crippen molar-refractivity contribution in [1.82, 2.24) is 5.32 Å². The molecule has 0 amide bonds. The van der Waals surface area contributed by atoms with Crippen LogP contribution in [0, 0.1) is 0 Å². The van der Waals surface area contributed by atoms with Crippen LogP contribution in [0.15, 0.2) is 30.3 Å². The van der Waals surface area contributed by atoms with Crippen molar-refractivity contribution in [2.75, 3.05) is 24.5 Å². The van der Waals surface area contributed by atoms with Crippen molar-refractivity contribution in [3.8, 4) is 0 Å². The van der Waals surface area contributed by atoms with E-state index in [0.29, 0.717) is 6.54 Å². The summed E-state index contributed by atoms with van der Waals surface area (Å²) in [6.45, 7) is 2.35. The van der Waals surface area contributed by atoms with Gasteiger partial charge in [0.05, 0.1) is 6.54 Å². The van der Waals surface area contributed by atoms with Crippen molar-refractivity contribution >= 4 is 41.3 Å². The molecule has 1 aromatic rings. The topological polar surface area (TPSA) is 15.3 Å². The Balaban J connectivity index is 0.00000112. The number of alkyl halides is 2. The van der Waals surface area contributed by atoms with Crippen LogP contribution in [0.3, 0.4) is 0 Å². The Hall–Kier alpha value is -0.150. The van der Waals surface area contributed by atoms with E-state index in [-0.39, 0.29) is 12.4 Å². The van der Waals surface area contributed by atoms with Gasteiger partial charge in [-0.2, -0.15) is 0 Å². The molecule has 0 unspecified atom stereocenters. The van der Waals surface area contributed by atoms with Crippen LogP contribution in [-0.2, 0) is 0 Å². The molecule has 1 aromatic carbocycles. The maximum atomic E-state index is 6.03. The van der Waals surface area contributed by atoms with E-state index in [0.717, 1.165) is 13.1 Å². The summed E-state index contributed by atoms with van der Waals surface area (Å²) in [5.74, 6) is 0. The minimum Gasteiger partial charge on any atom is -0.366 e. The molecule has 0 bridgehead atoms. The highest BCUT2D eigenvalue weighted by Gasteiger charge is 2.30. The molecule has 1 saturated heterocycles. The van der Waals surface area contributed by atoms with Crippen molar-refractivity contribution in [2.24, 2.45) is 0 Å². The van der Waals surface area contributed by atoms with E-state index in [2.05, 4.69) is 22.3 Å². The van der Waals surface area contributed by atoms with Crippen molar-refractivity contribution in [2.45, 2.75) is 4.46 Å². The Morgan fingerprint density at radius 3 is 2.47 bits per heavy atom. The van der Waals surface area contributed by atoms with Crippen LogP contribution in [0.4, 0.5) is 5.69 Å². The summed E-state index contributed by atoms with van der Waals surface area (Å²) in [5, 5.41) is 3.05. The highest BCUT2D eigenvalue weighted by atomic mass is 35.5. The summed E-state index contributed by atoms with van der Waals surface area (Å²) in [4.78, 5) is 2.18. The van der Waals surface area contributed by atoms with Crippen LogP contribution in [-0.4, -0.2) is 24.1 Å². The molecule has 0 radical (unpaired) electrons. The minimum atomic E-state index is -0.825. The number of nitrogens with zero attached hydrogens (tertiary/aromatic N) is 1. The molecule has 1 aliphatic rings. The molecule has 0 atom stereocenters. The van der Waals surface area contributed by atoms with E-state index in [9.17, 15) is 0 Å². The lowest BCUT2D eigenvalue weighted by molar-refractivity contribution is 0.513. The van der Waals surface area contributed by atoms with Gasteiger partial charge in [-0.3, -0.25) is 5.32 Å². The first kappa shape index (κ1) is 12.9. The second kappa shape index (κ2) is 5.26. The summed E-state index contributed by atoms with van der Waals surface area (Å²) in [7, 11) is 0. The predicted molar refractivity (Wildman–Crippen MR) is 68.3 cm³/mol. The van der Waals surface area contributed by atoms with Gasteiger partial charge in [0.25, 0.3) is 0 Å². The van der Waals surface area contributed by atoms with Crippen LogP contribution in [0.5, 0.6) is 0 Å². The third-order valence-corrected chi connectivity index (χ3v) is 2.78. The number of benzene rings is 1. The van der Waals surface area contributed by atoms with Gasteiger partial charge in [0.2, 0.25) is 0 Å². The van der Waals surface area contributed by atoms with Gasteiger partial charge in [0.1, 0.15) is 0 Å².